The lowest BCUT2D eigenvalue weighted by molar-refractivity contribution is -0.274. The fourth-order valence-corrected chi connectivity index (χ4v) is 2.88. The van der Waals surface area contributed by atoms with Gasteiger partial charge in [-0.05, 0) is 50.5 Å². The Bertz CT molecular complexity index is 674. The summed E-state index contributed by atoms with van der Waals surface area (Å²) in [6.07, 6.45) is 0.477. The van der Waals surface area contributed by atoms with Crippen molar-refractivity contribution in [3.05, 3.63) is 36.2 Å². The molecule has 0 spiro atoms. The van der Waals surface area contributed by atoms with Crippen LogP contribution in [0.25, 0.3) is 11.4 Å². The summed E-state index contributed by atoms with van der Waals surface area (Å²) < 4.78 is 48.5. The van der Waals surface area contributed by atoms with E-state index in [9.17, 15) is 13.2 Å². The highest BCUT2D eigenvalue weighted by Gasteiger charge is 2.31. The van der Waals surface area contributed by atoms with Gasteiger partial charge in [0.05, 0.1) is 12.6 Å². The van der Waals surface area contributed by atoms with E-state index in [1.165, 1.54) is 12.1 Å². The van der Waals surface area contributed by atoms with Gasteiger partial charge in [-0.1, -0.05) is 0 Å². The standard InChI is InChI=1S/C17H19F3N2O2/c1-12-10-21-16(22(12)11-15-4-2-3-9-23-15)13-5-7-14(8-6-13)24-17(18,19)20/h5-8,10,15H,2-4,9,11H2,1H3. The fourth-order valence-electron chi connectivity index (χ4n) is 2.88. The van der Waals surface area contributed by atoms with Crippen LogP contribution >= 0.6 is 0 Å². The van der Waals surface area contributed by atoms with Crippen LogP contribution in [-0.4, -0.2) is 28.6 Å². The molecule has 1 unspecified atom stereocenters. The molecule has 2 heterocycles. The fraction of sp³-hybridized carbons (Fsp3) is 0.471. The molecule has 0 radical (unpaired) electrons. The number of benzene rings is 1. The minimum Gasteiger partial charge on any atom is -0.406 e. The normalized spacial score (nSPS) is 18.6. The maximum Gasteiger partial charge on any atom is 0.573 e. The van der Waals surface area contributed by atoms with Crippen molar-refractivity contribution in [2.75, 3.05) is 6.61 Å². The molecular weight excluding hydrogens is 321 g/mol. The van der Waals surface area contributed by atoms with Crippen molar-refractivity contribution in [1.82, 2.24) is 9.55 Å². The molecule has 3 rings (SSSR count). The molecule has 0 amide bonds. The highest BCUT2D eigenvalue weighted by Crippen LogP contribution is 2.27. The number of hydrogen-bond acceptors (Lipinski definition) is 3. The molecule has 1 aromatic carbocycles. The first kappa shape index (κ1) is 16.8. The first-order valence-corrected chi connectivity index (χ1v) is 7.92. The van der Waals surface area contributed by atoms with Gasteiger partial charge in [-0.2, -0.15) is 0 Å². The molecule has 24 heavy (non-hydrogen) atoms. The third kappa shape index (κ3) is 4.08. The molecule has 0 saturated carbocycles. The van der Waals surface area contributed by atoms with Crippen molar-refractivity contribution in [2.45, 2.75) is 45.2 Å². The van der Waals surface area contributed by atoms with Crippen LogP contribution in [0.15, 0.2) is 30.5 Å². The summed E-state index contributed by atoms with van der Waals surface area (Å²) in [7, 11) is 0. The van der Waals surface area contributed by atoms with E-state index in [0.717, 1.165) is 43.0 Å². The average molecular weight is 340 g/mol. The van der Waals surface area contributed by atoms with Gasteiger partial charge < -0.3 is 14.0 Å². The lowest BCUT2D eigenvalue weighted by Crippen LogP contribution is -2.25. The highest BCUT2D eigenvalue weighted by molar-refractivity contribution is 5.57. The predicted octanol–water partition coefficient (Wildman–Crippen LogP) is 4.33. The Labute approximate surface area is 138 Å². The molecule has 1 aliphatic rings. The van der Waals surface area contributed by atoms with Crippen LogP contribution in [0.3, 0.4) is 0 Å². The van der Waals surface area contributed by atoms with Gasteiger partial charge in [0.1, 0.15) is 11.6 Å². The largest absolute Gasteiger partial charge is 0.573 e. The molecule has 0 N–H and O–H groups in total. The summed E-state index contributed by atoms with van der Waals surface area (Å²) in [5, 5.41) is 0. The number of halogens is 3. The van der Waals surface area contributed by atoms with Gasteiger partial charge in [0.2, 0.25) is 0 Å². The monoisotopic (exact) mass is 340 g/mol. The molecule has 1 aromatic heterocycles. The zero-order valence-corrected chi connectivity index (χ0v) is 13.3. The molecular formula is C17H19F3N2O2. The van der Waals surface area contributed by atoms with Gasteiger partial charge in [0.15, 0.2) is 0 Å². The third-order valence-electron chi connectivity index (χ3n) is 4.06. The summed E-state index contributed by atoms with van der Waals surface area (Å²) in [5.74, 6) is 0.483. The Hall–Kier alpha value is -2.02. The maximum absolute atomic E-state index is 12.2. The zero-order chi connectivity index (χ0) is 17.2. The van der Waals surface area contributed by atoms with Crippen molar-refractivity contribution < 1.29 is 22.6 Å². The molecule has 0 bridgehead atoms. The molecule has 0 aliphatic carbocycles. The Morgan fingerprint density at radius 3 is 2.62 bits per heavy atom. The van der Waals surface area contributed by atoms with Crippen LogP contribution in [-0.2, 0) is 11.3 Å². The van der Waals surface area contributed by atoms with Gasteiger partial charge in [-0.3, -0.25) is 0 Å². The van der Waals surface area contributed by atoms with Crippen LogP contribution in [0.1, 0.15) is 25.0 Å². The van der Waals surface area contributed by atoms with E-state index < -0.39 is 6.36 Å². The van der Waals surface area contributed by atoms with Crippen LogP contribution in [0.4, 0.5) is 13.2 Å². The van der Waals surface area contributed by atoms with Gasteiger partial charge >= 0.3 is 6.36 Å². The number of ether oxygens (including phenoxy) is 2. The molecule has 4 nitrogen and oxygen atoms in total. The topological polar surface area (TPSA) is 36.3 Å². The summed E-state index contributed by atoms with van der Waals surface area (Å²) in [4.78, 5) is 4.40. The van der Waals surface area contributed by atoms with Gasteiger partial charge in [-0.25, -0.2) is 4.98 Å². The average Bonchev–Trinajstić information content (AvgIpc) is 2.89. The second-order valence-corrected chi connectivity index (χ2v) is 5.89. The van der Waals surface area contributed by atoms with Crippen molar-refractivity contribution in [3.63, 3.8) is 0 Å². The van der Waals surface area contributed by atoms with Crippen LogP contribution < -0.4 is 4.74 Å². The zero-order valence-electron chi connectivity index (χ0n) is 13.3. The molecule has 1 atom stereocenters. The lowest BCUT2D eigenvalue weighted by Gasteiger charge is -2.24. The van der Waals surface area contributed by atoms with E-state index in [2.05, 4.69) is 14.3 Å². The minimum absolute atomic E-state index is 0.151. The van der Waals surface area contributed by atoms with E-state index in [-0.39, 0.29) is 11.9 Å². The second kappa shape index (κ2) is 6.84. The van der Waals surface area contributed by atoms with Crippen LogP contribution in [0.5, 0.6) is 5.75 Å². The van der Waals surface area contributed by atoms with Crippen molar-refractivity contribution in [2.24, 2.45) is 0 Å². The van der Waals surface area contributed by atoms with E-state index in [0.29, 0.717) is 6.54 Å². The van der Waals surface area contributed by atoms with Crippen LogP contribution in [0.2, 0.25) is 0 Å². The number of nitrogens with zero attached hydrogens (tertiary/aromatic N) is 2. The number of rotatable bonds is 4. The molecule has 130 valence electrons. The Balaban J connectivity index is 1.79. The van der Waals surface area contributed by atoms with Gasteiger partial charge in [0.25, 0.3) is 0 Å². The SMILES string of the molecule is Cc1cnc(-c2ccc(OC(F)(F)F)cc2)n1CC1CCCCO1. The maximum atomic E-state index is 12.2. The smallest absolute Gasteiger partial charge is 0.406 e. The number of aromatic nitrogens is 2. The molecule has 2 aromatic rings. The number of alkyl halides is 3. The molecule has 1 fully saturated rings. The third-order valence-corrected chi connectivity index (χ3v) is 4.06. The predicted molar refractivity (Wildman–Crippen MR) is 82.7 cm³/mol. The van der Waals surface area contributed by atoms with E-state index in [1.807, 2.05) is 6.92 Å². The molecule has 1 aliphatic heterocycles. The number of imidazole rings is 1. The summed E-state index contributed by atoms with van der Waals surface area (Å²) in [6.45, 7) is 3.43. The number of aryl methyl sites for hydroxylation is 1. The van der Waals surface area contributed by atoms with E-state index in [1.54, 1.807) is 18.3 Å². The Morgan fingerprint density at radius 1 is 1.25 bits per heavy atom. The Morgan fingerprint density at radius 2 is 2.00 bits per heavy atom. The van der Waals surface area contributed by atoms with Crippen LogP contribution in [0, 0.1) is 6.92 Å². The van der Waals surface area contributed by atoms with Gasteiger partial charge in [0, 0.05) is 24.1 Å². The van der Waals surface area contributed by atoms with Crippen molar-refractivity contribution in [1.29, 1.82) is 0 Å². The lowest BCUT2D eigenvalue weighted by atomic mass is 10.1. The van der Waals surface area contributed by atoms with Crippen molar-refractivity contribution in [3.8, 4) is 17.1 Å². The number of hydrogen-bond donors (Lipinski definition) is 0. The molecule has 1 saturated heterocycles. The molecule has 7 heteroatoms. The summed E-state index contributed by atoms with van der Waals surface area (Å²) >= 11 is 0. The minimum atomic E-state index is -4.69. The quantitative estimate of drug-likeness (QED) is 0.831. The summed E-state index contributed by atoms with van der Waals surface area (Å²) in [6, 6.07) is 5.77. The van der Waals surface area contributed by atoms with E-state index >= 15 is 0 Å². The highest BCUT2D eigenvalue weighted by atomic mass is 19.4. The van der Waals surface area contributed by atoms with E-state index in [4.69, 9.17) is 4.74 Å². The first-order chi connectivity index (χ1) is 11.4. The van der Waals surface area contributed by atoms with Gasteiger partial charge in [-0.15, -0.1) is 13.2 Å². The van der Waals surface area contributed by atoms with Crippen molar-refractivity contribution >= 4 is 0 Å². The second-order valence-electron chi connectivity index (χ2n) is 5.89. The first-order valence-electron chi connectivity index (χ1n) is 7.92. The summed E-state index contributed by atoms with van der Waals surface area (Å²) in [5.41, 5.74) is 1.74. The Kier molecular flexibility index (Phi) is 4.80.